The molecule has 0 bridgehead atoms. The number of hydrogen-bond donors (Lipinski definition) is 1. The fourth-order valence-electron chi connectivity index (χ4n) is 1.14. The molecule has 0 atom stereocenters. The lowest BCUT2D eigenvalue weighted by molar-refractivity contribution is -0.179. The second kappa shape index (κ2) is 6.06. The van der Waals surface area contributed by atoms with E-state index < -0.39 is 0 Å². The fourth-order valence-corrected chi connectivity index (χ4v) is 1.14. The Labute approximate surface area is 88.6 Å². The third kappa shape index (κ3) is 3.27. The second-order valence-corrected chi connectivity index (χ2v) is 2.75. The molecule has 0 saturated carbocycles. The zero-order valence-corrected chi connectivity index (χ0v) is 8.77. The molecule has 1 aromatic rings. The highest BCUT2D eigenvalue weighted by Crippen LogP contribution is 2.28. The van der Waals surface area contributed by atoms with Crippen molar-refractivity contribution in [1.29, 1.82) is 0 Å². The fraction of sp³-hybridized carbons (Fsp3) is 0.273. The van der Waals surface area contributed by atoms with E-state index in [-0.39, 0.29) is 6.61 Å². The summed E-state index contributed by atoms with van der Waals surface area (Å²) < 4.78 is 5.12. The molecule has 82 valence electrons. The zero-order chi connectivity index (χ0) is 11.1. The summed E-state index contributed by atoms with van der Waals surface area (Å²) in [5, 5.41) is 8.63. The lowest BCUT2D eigenvalue weighted by Crippen LogP contribution is -1.94. The van der Waals surface area contributed by atoms with E-state index in [4.69, 9.17) is 14.7 Å². The Balaban J connectivity index is 2.91. The summed E-state index contributed by atoms with van der Waals surface area (Å²) in [7, 11) is 2.98. The van der Waals surface area contributed by atoms with E-state index in [1.807, 2.05) is 6.07 Å². The van der Waals surface area contributed by atoms with Crippen molar-refractivity contribution in [2.45, 2.75) is 0 Å². The highest BCUT2D eigenvalue weighted by Gasteiger charge is 2.04. The molecule has 1 N–H and O–H groups in total. The number of benzene rings is 1. The molecule has 0 fully saturated rings. The van der Waals surface area contributed by atoms with Gasteiger partial charge in [-0.15, -0.1) is 0 Å². The van der Waals surface area contributed by atoms with Gasteiger partial charge in [0.15, 0.2) is 5.75 Å². The molecule has 1 rings (SSSR count). The van der Waals surface area contributed by atoms with Crippen LogP contribution in [0.15, 0.2) is 24.3 Å². The van der Waals surface area contributed by atoms with Gasteiger partial charge in [0.1, 0.15) is 0 Å². The number of ether oxygens (including phenoxy) is 1. The van der Waals surface area contributed by atoms with Gasteiger partial charge in [-0.2, -0.15) is 4.89 Å². The Morgan fingerprint density at radius 1 is 1.27 bits per heavy atom. The number of methoxy groups -OCH3 is 1. The van der Waals surface area contributed by atoms with E-state index in [9.17, 15) is 0 Å². The predicted octanol–water partition coefficient (Wildman–Crippen LogP) is 1.64. The van der Waals surface area contributed by atoms with E-state index in [0.717, 1.165) is 5.56 Å². The predicted molar refractivity (Wildman–Crippen MR) is 56.8 cm³/mol. The molecule has 0 saturated heterocycles. The zero-order valence-electron chi connectivity index (χ0n) is 8.77. The molecule has 4 nitrogen and oxygen atoms in total. The Morgan fingerprint density at radius 3 is 2.67 bits per heavy atom. The van der Waals surface area contributed by atoms with Crippen molar-refractivity contribution in [2.75, 3.05) is 20.8 Å². The van der Waals surface area contributed by atoms with Crippen LogP contribution in [0.4, 0.5) is 0 Å². The minimum Gasteiger partial charge on any atom is -0.493 e. The van der Waals surface area contributed by atoms with Gasteiger partial charge in [0, 0.05) is 0 Å². The van der Waals surface area contributed by atoms with E-state index in [1.54, 1.807) is 31.4 Å². The summed E-state index contributed by atoms with van der Waals surface area (Å²) >= 11 is 0. The van der Waals surface area contributed by atoms with Crippen molar-refractivity contribution in [3.8, 4) is 11.5 Å². The standard InChI is InChI=1S/C11H14O4/c1-13-11-8-9(4-3-7-12)5-6-10(11)15-14-2/h3-6,8,12H,7H2,1-2H3. The van der Waals surface area contributed by atoms with Crippen LogP contribution < -0.4 is 9.62 Å². The Hall–Kier alpha value is -1.52. The first-order chi connectivity index (χ1) is 7.31. The van der Waals surface area contributed by atoms with Crippen LogP contribution in [0.1, 0.15) is 5.56 Å². The van der Waals surface area contributed by atoms with Gasteiger partial charge in [0.2, 0.25) is 5.75 Å². The molecular formula is C11H14O4. The maximum absolute atomic E-state index is 8.63. The van der Waals surface area contributed by atoms with Gasteiger partial charge in [0.25, 0.3) is 0 Å². The molecule has 0 aliphatic carbocycles. The maximum Gasteiger partial charge on any atom is 0.207 e. The SMILES string of the molecule is COOc1ccc(C=CCO)cc1OC. The minimum atomic E-state index is 0.0125. The lowest BCUT2D eigenvalue weighted by atomic mass is 10.2. The van der Waals surface area contributed by atoms with Crippen LogP contribution in [-0.4, -0.2) is 25.9 Å². The minimum absolute atomic E-state index is 0.0125. The van der Waals surface area contributed by atoms with Crippen molar-refractivity contribution in [2.24, 2.45) is 0 Å². The van der Waals surface area contributed by atoms with E-state index in [1.165, 1.54) is 7.11 Å². The van der Waals surface area contributed by atoms with Crippen LogP contribution in [0.25, 0.3) is 6.08 Å². The second-order valence-electron chi connectivity index (χ2n) is 2.75. The van der Waals surface area contributed by atoms with Crippen molar-refractivity contribution in [3.63, 3.8) is 0 Å². The summed E-state index contributed by atoms with van der Waals surface area (Å²) in [6.45, 7) is 0.0125. The van der Waals surface area contributed by atoms with Crippen molar-refractivity contribution in [3.05, 3.63) is 29.8 Å². The normalized spacial score (nSPS) is 10.6. The van der Waals surface area contributed by atoms with Crippen LogP contribution in [0.2, 0.25) is 0 Å². The van der Waals surface area contributed by atoms with Crippen LogP contribution in [0.5, 0.6) is 11.5 Å². The first-order valence-electron chi connectivity index (χ1n) is 4.48. The number of hydrogen-bond acceptors (Lipinski definition) is 4. The molecule has 0 radical (unpaired) electrons. The third-order valence-electron chi connectivity index (χ3n) is 1.78. The maximum atomic E-state index is 8.63. The molecular weight excluding hydrogens is 196 g/mol. The van der Waals surface area contributed by atoms with Crippen molar-refractivity contribution >= 4 is 6.08 Å². The third-order valence-corrected chi connectivity index (χ3v) is 1.78. The van der Waals surface area contributed by atoms with Gasteiger partial charge in [-0.1, -0.05) is 18.2 Å². The number of rotatable bonds is 5. The topological polar surface area (TPSA) is 47.9 Å². The molecule has 0 aromatic heterocycles. The Morgan fingerprint density at radius 2 is 2.07 bits per heavy atom. The highest BCUT2D eigenvalue weighted by molar-refractivity contribution is 5.55. The number of aliphatic hydroxyl groups excluding tert-OH is 1. The summed E-state index contributed by atoms with van der Waals surface area (Å²) in [5.41, 5.74) is 0.921. The van der Waals surface area contributed by atoms with E-state index >= 15 is 0 Å². The summed E-state index contributed by atoms with van der Waals surface area (Å²) in [6.07, 6.45) is 3.44. The first-order valence-corrected chi connectivity index (χ1v) is 4.48. The lowest BCUT2D eigenvalue weighted by Gasteiger charge is -2.07. The van der Waals surface area contributed by atoms with E-state index in [2.05, 4.69) is 4.89 Å². The smallest absolute Gasteiger partial charge is 0.207 e. The van der Waals surface area contributed by atoms with Gasteiger partial charge in [-0.05, 0) is 17.7 Å². The highest BCUT2D eigenvalue weighted by atomic mass is 17.2. The molecule has 15 heavy (non-hydrogen) atoms. The van der Waals surface area contributed by atoms with Gasteiger partial charge >= 0.3 is 0 Å². The van der Waals surface area contributed by atoms with Crippen LogP contribution >= 0.6 is 0 Å². The average Bonchev–Trinajstić information content (AvgIpc) is 2.28. The molecule has 0 aliphatic heterocycles. The quantitative estimate of drug-likeness (QED) is 0.593. The van der Waals surface area contributed by atoms with Gasteiger partial charge in [0.05, 0.1) is 20.8 Å². The molecule has 0 amide bonds. The largest absolute Gasteiger partial charge is 0.493 e. The van der Waals surface area contributed by atoms with Crippen molar-refractivity contribution < 1.29 is 19.6 Å². The number of aliphatic hydroxyl groups is 1. The van der Waals surface area contributed by atoms with Gasteiger partial charge in [-0.25, -0.2) is 0 Å². The summed E-state index contributed by atoms with van der Waals surface area (Å²) in [5.74, 6) is 1.10. The Bertz CT molecular complexity index is 333. The Kier molecular flexibility index (Phi) is 4.66. The van der Waals surface area contributed by atoms with Gasteiger partial charge in [-0.3, -0.25) is 0 Å². The van der Waals surface area contributed by atoms with Crippen molar-refractivity contribution in [1.82, 2.24) is 0 Å². The molecule has 0 heterocycles. The van der Waals surface area contributed by atoms with Crippen LogP contribution in [-0.2, 0) is 4.89 Å². The summed E-state index contributed by atoms with van der Waals surface area (Å²) in [4.78, 5) is 9.44. The molecule has 0 aliphatic rings. The molecule has 0 unspecified atom stereocenters. The average molecular weight is 210 g/mol. The molecule has 1 aromatic carbocycles. The summed E-state index contributed by atoms with van der Waals surface area (Å²) in [6, 6.07) is 5.36. The molecule has 4 heteroatoms. The van der Waals surface area contributed by atoms with Crippen LogP contribution in [0, 0.1) is 0 Å². The van der Waals surface area contributed by atoms with E-state index in [0.29, 0.717) is 11.5 Å². The molecule has 0 spiro atoms. The first kappa shape index (κ1) is 11.6. The van der Waals surface area contributed by atoms with Crippen LogP contribution in [0.3, 0.4) is 0 Å². The monoisotopic (exact) mass is 210 g/mol. The van der Waals surface area contributed by atoms with Gasteiger partial charge < -0.3 is 14.7 Å².